The van der Waals surface area contributed by atoms with Crippen LogP contribution in [0.3, 0.4) is 0 Å². The minimum atomic E-state index is 0.540. The predicted octanol–water partition coefficient (Wildman–Crippen LogP) is 4.53. The van der Waals surface area contributed by atoms with Crippen molar-refractivity contribution in [2.45, 2.75) is 25.3 Å². The predicted molar refractivity (Wildman–Crippen MR) is 123 cm³/mol. The number of nitrogens with one attached hydrogen (secondary N) is 1. The molecular formula is C23H26N6S. The molecule has 1 aromatic carbocycles. The van der Waals surface area contributed by atoms with Gasteiger partial charge in [0.2, 0.25) is 0 Å². The summed E-state index contributed by atoms with van der Waals surface area (Å²) in [5, 5.41) is 10.7. The average Bonchev–Trinajstić information content (AvgIpc) is 3.44. The smallest absolute Gasteiger partial charge is 0.146 e. The van der Waals surface area contributed by atoms with E-state index in [0.717, 1.165) is 48.9 Å². The number of fused-ring (bicyclic) bond motifs is 1. The summed E-state index contributed by atoms with van der Waals surface area (Å²) in [5.74, 6) is 2.51. The minimum Gasteiger partial charge on any atom is -0.356 e. The van der Waals surface area contributed by atoms with Crippen molar-refractivity contribution in [2.75, 3.05) is 32.1 Å². The molecule has 6 nitrogen and oxygen atoms in total. The zero-order valence-electron chi connectivity index (χ0n) is 17.4. The number of aromatic amines is 1. The van der Waals surface area contributed by atoms with Crippen LogP contribution in [0, 0.1) is 0 Å². The first-order valence-corrected chi connectivity index (χ1v) is 11.3. The second kappa shape index (κ2) is 8.16. The summed E-state index contributed by atoms with van der Waals surface area (Å²) in [7, 11) is 4.12. The lowest BCUT2D eigenvalue weighted by atomic mass is 9.93. The molecule has 5 rings (SSSR count). The summed E-state index contributed by atoms with van der Waals surface area (Å²) in [6, 6.07) is 12.7. The molecule has 1 aliphatic rings. The van der Waals surface area contributed by atoms with E-state index >= 15 is 0 Å². The van der Waals surface area contributed by atoms with E-state index in [9.17, 15) is 0 Å². The zero-order valence-corrected chi connectivity index (χ0v) is 18.2. The molecule has 1 aliphatic heterocycles. The van der Waals surface area contributed by atoms with Crippen molar-refractivity contribution in [1.29, 1.82) is 0 Å². The molecule has 4 aromatic rings. The molecule has 154 valence electrons. The summed E-state index contributed by atoms with van der Waals surface area (Å²) in [6.07, 6.45) is 4.05. The van der Waals surface area contributed by atoms with Gasteiger partial charge in [-0.2, -0.15) is 5.10 Å². The molecule has 4 heterocycles. The van der Waals surface area contributed by atoms with Crippen LogP contribution in [-0.4, -0.2) is 52.3 Å². The Morgan fingerprint density at radius 2 is 1.90 bits per heavy atom. The number of nitrogens with zero attached hydrogens (tertiary/aromatic N) is 5. The van der Waals surface area contributed by atoms with Crippen LogP contribution >= 0.6 is 11.3 Å². The lowest BCUT2D eigenvalue weighted by Crippen LogP contribution is -2.34. The summed E-state index contributed by atoms with van der Waals surface area (Å²) >= 11 is 1.72. The van der Waals surface area contributed by atoms with Gasteiger partial charge in [0, 0.05) is 41.8 Å². The molecule has 0 bridgehead atoms. The average molecular weight is 419 g/mol. The lowest BCUT2D eigenvalue weighted by Gasteiger charge is -2.33. The molecule has 7 heteroatoms. The molecule has 0 amide bonds. The highest BCUT2D eigenvalue weighted by atomic mass is 32.1. The van der Waals surface area contributed by atoms with Crippen molar-refractivity contribution in [3.05, 3.63) is 59.5 Å². The van der Waals surface area contributed by atoms with Crippen LogP contribution in [0.1, 0.15) is 30.3 Å². The normalized spacial score (nSPS) is 15.4. The monoisotopic (exact) mass is 418 g/mol. The fraction of sp³-hybridized carbons (Fsp3) is 0.348. The first-order valence-electron chi connectivity index (χ1n) is 10.4. The van der Waals surface area contributed by atoms with Gasteiger partial charge in [-0.05, 0) is 38.6 Å². The van der Waals surface area contributed by atoms with E-state index < -0.39 is 0 Å². The quantitative estimate of drug-likeness (QED) is 0.516. The van der Waals surface area contributed by atoms with Crippen LogP contribution in [0.2, 0.25) is 0 Å². The van der Waals surface area contributed by atoms with Crippen molar-refractivity contribution in [3.63, 3.8) is 0 Å². The van der Waals surface area contributed by atoms with Crippen LogP contribution in [-0.2, 0) is 6.54 Å². The third-order valence-corrected chi connectivity index (χ3v) is 6.63. The Labute approximate surface area is 180 Å². The van der Waals surface area contributed by atoms with Gasteiger partial charge in [0.05, 0.1) is 11.9 Å². The first kappa shape index (κ1) is 19.2. The number of H-pyrrole nitrogens is 1. The molecule has 1 N–H and O–H groups in total. The summed E-state index contributed by atoms with van der Waals surface area (Å²) in [6.45, 7) is 2.72. The van der Waals surface area contributed by atoms with E-state index in [1.54, 1.807) is 11.3 Å². The Bertz CT molecular complexity index is 1110. The molecule has 3 aromatic heterocycles. The summed E-state index contributed by atoms with van der Waals surface area (Å²) in [5.41, 5.74) is 3.70. The van der Waals surface area contributed by atoms with Gasteiger partial charge < -0.3 is 9.80 Å². The van der Waals surface area contributed by atoms with E-state index in [-0.39, 0.29) is 0 Å². The summed E-state index contributed by atoms with van der Waals surface area (Å²) in [4.78, 5) is 15.6. The van der Waals surface area contributed by atoms with E-state index in [4.69, 9.17) is 9.97 Å². The Morgan fingerprint density at radius 1 is 1.10 bits per heavy atom. The molecule has 0 unspecified atom stereocenters. The summed E-state index contributed by atoms with van der Waals surface area (Å²) < 4.78 is 0. The number of rotatable bonds is 5. The molecule has 0 saturated carbocycles. The van der Waals surface area contributed by atoms with Crippen molar-refractivity contribution >= 4 is 27.4 Å². The molecule has 0 spiro atoms. The van der Waals surface area contributed by atoms with Gasteiger partial charge in [-0.1, -0.05) is 30.3 Å². The number of thiophene rings is 1. The van der Waals surface area contributed by atoms with Gasteiger partial charge in [-0.25, -0.2) is 9.97 Å². The van der Waals surface area contributed by atoms with Crippen LogP contribution in [0.25, 0.3) is 21.3 Å². The van der Waals surface area contributed by atoms with Crippen molar-refractivity contribution < 1.29 is 0 Å². The maximum Gasteiger partial charge on any atom is 0.146 e. The third-order valence-electron chi connectivity index (χ3n) is 5.76. The molecule has 0 radical (unpaired) electrons. The van der Waals surface area contributed by atoms with Gasteiger partial charge in [-0.15, -0.1) is 11.3 Å². The van der Waals surface area contributed by atoms with Gasteiger partial charge in [0.25, 0.3) is 0 Å². The van der Waals surface area contributed by atoms with Gasteiger partial charge in [-0.3, -0.25) is 5.10 Å². The zero-order chi connectivity index (χ0) is 20.5. The van der Waals surface area contributed by atoms with Crippen molar-refractivity contribution in [1.82, 2.24) is 25.1 Å². The Hall–Kier alpha value is -2.77. The maximum atomic E-state index is 5.07. The number of benzene rings is 1. The standard InChI is InChI=1S/C23H26N6S/c1-28(2)14-20-25-22(29-12-9-17(10-13-29)19-8-11-24-27-19)21-18(15-30-23(21)26-20)16-6-4-3-5-7-16/h3-8,11,15,17H,9-10,12-14H2,1-2H3,(H,24,27). The lowest BCUT2D eigenvalue weighted by molar-refractivity contribution is 0.391. The number of piperidine rings is 1. The molecule has 0 atom stereocenters. The van der Waals surface area contributed by atoms with Crippen molar-refractivity contribution in [3.8, 4) is 11.1 Å². The highest BCUT2D eigenvalue weighted by Gasteiger charge is 2.26. The Balaban J connectivity index is 1.54. The van der Waals surface area contributed by atoms with E-state index in [1.165, 1.54) is 22.2 Å². The Kier molecular flexibility index (Phi) is 5.23. The second-order valence-corrected chi connectivity index (χ2v) is 9.03. The van der Waals surface area contributed by atoms with Gasteiger partial charge in [0.15, 0.2) is 0 Å². The number of anilines is 1. The maximum absolute atomic E-state index is 5.07. The first-order chi connectivity index (χ1) is 14.7. The highest BCUT2D eigenvalue weighted by Crippen LogP contribution is 2.40. The van der Waals surface area contributed by atoms with Crippen molar-refractivity contribution in [2.24, 2.45) is 0 Å². The fourth-order valence-corrected chi connectivity index (χ4v) is 5.24. The Morgan fingerprint density at radius 3 is 2.60 bits per heavy atom. The molecule has 0 aliphatic carbocycles. The molecule has 30 heavy (non-hydrogen) atoms. The molecular weight excluding hydrogens is 392 g/mol. The number of hydrogen-bond donors (Lipinski definition) is 1. The van der Waals surface area contributed by atoms with Crippen LogP contribution < -0.4 is 4.90 Å². The second-order valence-electron chi connectivity index (χ2n) is 8.17. The van der Waals surface area contributed by atoms with E-state index in [2.05, 4.69) is 75.9 Å². The van der Waals surface area contributed by atoms with Gasteiger partial charge in [0.1, 0.15) is 16.5 Å². The molecule has 1 saturated heterocycles. The minimum absolute atomic E-state index is 0.540. The van der Waals surface area contributed by atoms with E-state index in [0.29, 0.717) is 5.92 Å². The SMILES string of the molecule is CN(C)Cc1nc(N2CCC(c3ccn[nH]3)CC2)c2c(-c3ccccc3)csc2n1. The molecule has 1 fully saturated rings. The topological polar surface area (TPSA) is 60.9 Å². The number of aromatic nitrogens is 4. The number of hydrogen-bond acceptors (Lipinski definition) is 6. The van der Waals surface area contributed by atoms with Crippen LogP contribution in [0.5, 0.6) is 0 Å². The highest BCUT2D eigenvalue weighted by molar-refractivity contribution is 7.17. The van der Waals surface area contributed by atoms with Gasteiger partial charge >= 0.3 is 0 Å². The van der Waals surface area contributed by atoms with Crippen LogP contribution in [0.15, 0.2) is 48.0 Å². The van der Waals surface area contributed by atoms with E-state index in [1.807, 2.05) is 6.20 Å². The largest absolute Gasteiger partial charge is 0.356 e. The van der Waals surface area contributed by atoms with Crippen LogP contribution in [0.4, 0.5) is 5.82 Å². The third kappa shape index (κ3) is 3.70. The fourth-order valence-electron chi connectivity index (χ4n) is 4.28.